The zero-order valence-electron chi connectivity index (χ0n) is 18.3. The predicted molar refractivity (Wildman–Crippen MR) is 125 cm³/mol. The van der Waals surface area contributed by atoms with Gasteiger partial charge in [-0.25, -0.2) is 9.18 Å². The second-order valence-corrected chi connectivity index (χ2v) is 8.83. The quantitative estimate of drug-likeness (QED) is 0.567. The fraction of sp³-hybridized carbons (Fsp3) is 0.304. The highest BCUT2D eigenvalue weighted by atomic mass is 32.1. The summed E-state index contributed by atoms with van der Waals surface area (Å²) in [7, 11) is 1.57. The Labute approximate surface area is 194 Å². The summed E-state index contributed by atoms with van der Waals surface area (Å²) in [6.45, 7) is 3.06. The summed E-state index contributed by atoms with van der Waals surface area (Å²) in [5.41, 5.74) is 2.12. The molecule has 1 saturated heterocycles. The lowest BCUT2D eigenvalue weighted by molar-refractivity contribution is 0.102. The molecule has 2 N–H and O–H groups in total. The Bertz CT molecular complexity index is 1150. The molecule has 0 radical (unpaired) electrons. The number of hydrogen-bond donors (Lipinski definition) is 2. The molecule has 2 aromatic carbocycles. The minimum atomic E-state index is -0.401. The van der Waals surface area contributed by atoms with Crippen LogP contribution in [-0.4, -0.2) is 47.2 Å². The first-order valence-electron chi connectivity index (χ1n) is 10.5. The third-order valence-electron chi connectivity index (χ3n) is 5.39. The third-order valence-corrected chi connectivity index (χ3v) is 6.48. The Hall–Kier alpha value is -3.53. The summed E-state index contributed by atoms with van der Waals surface area (Å²) in [5, 5.41) is 14.8. The Balaban J connectivity index is 1.40. The Morgan fingerprint density at radius 1 is 1.15 bits per heavy atom. The Kier molecular flexibility index (Phi) is 6.83. The lowest BCUT2D eigenvalue weighted by Crippen LogP contribution is -2.41. The van der Waals surface area contributed by atoms with Crippen molar-refractivity contribution in [3.05, 3.63) is 63.9 Å². The van der Waals surface area contributed by atoms with E-state index in [9.17, 15) is 14.0 Å². The SMILES string of the molecule is COc1ccc(C)cc1NC(=O)N1CCCC(c2nnc(C(=O)Nc3ccc(F)cc3)s2)C1. The molecule has 33 heavy (non-hydrogen) atoms. The molecule has 3 aromatic rings. The molecule has 3 amide bonds. The van der Waals surface area contributed by atoms with Crippen LogP contribution in [0, 0.1) is 12.7 Å². The van der Waals surface area contributed by atoms with Crippen molar-refractivity contribution in [3.63, 3.8) is 0 Å². The summed E-state index contributed by atoms with van der Waals surface area (Å²) in [6.07, 6.45) is 1.67. The second kappa shape index (κ2) is 9.95. The lowest BCUT2D eigenvalue weighted by Gasteiger charge is -2.31. The molecule has 1 aliphatic rings. The van der Waals surface area contributed by atoms with Crippen LogP contribution in [0.15, 0.2) is 42.5 Å². The maximum absolute atomic E-state index is 13.1. The molecule has 1 aromatic heterocycles. The van der Waals surface area contributed by atoms with Crippen molar-refractivity contribution in [1.29, 1.82) is 0 Å². The molecule has 8 nitrogen and oxygen atoms in total. The number of anilines is 2. The first kappa shape index (κ1) is 22.7. The lowest BCUT2D eigenvalue weighted by atomic mass is 9.99. The van der Waals surface area contributed by atoms with E-state index in [1.165, 1.54) is 35.6 Å². The Morgan fingerprint density at radius 2 is 1.94 bits per heavy atom. The molecule has 172 valence electrons. The smallest absolute Gasteiger partial charge is 0.321 e. The monoisotopic (exact) mass is 469 g/mol. The van der Waals surface area contributed by atoms with Crippen LogP contribution in [0.2, 0.25) is 0 Å². The molecular formula is C23H24FN5O3S. The normalized spacial score (nSPS) is 15.7. The van der Waals surface area contributed by atoms with Crippen LogP contribution in [-0.2, 0) is 0 Å². The number of aryl methyl sites for hydroxylation is 1. The number of halogens is 1. The largest absolute Gasteiger partial charge is 0.495 e. The van der Waals surface area contributed by atoms with Crippen molar-refractivity contribution >= 4 is 34.6 Å². The molecule has 0 bridgehead atoms. The number of nitrogens with zero attached hydrogens (tertiary/aromatic N) is 3. The second-order valence-electron chi connectivity index (χ2n) is 7.83. The first-order chi connectivity index (χ1) is 15.9. The predicted octanol–water partition coefficient (Wildman–Crippen LogP) is 4.66. The average Bonchev–Trinajstić information content (AvgIpc) is 3.31. The van der Waals surface area contributed by atoms with Crippen molar-refractivity contribution in [3.8, 4) is 5.75 Å². The van der Waals surface area contributed by atoms with Crippen LogP contribution in [0.5, 0.6) is 5.75 Å². The average molecular weight is 470 g/mol. The van der Waals surface area contributed by atoms with E-state index in [0.717, 1.165) is 18.4 Å². The van der Waals surface area contributed by atoms with E-state index in [1.54, 1.807) is 12.0 Å². The maximum Gasteiger partial charge on any atom is 0.321 e. The summed E-state index contributed by atoms with van der Waals surface area (Å²) in [6, 6.07) is 10.9. The van der Waals surface area contributed by atoms with Crippen LogP contribution in [0.3, 0.4) is 0 Å². The van der Waals surface area contributed by atoms with Crippen molar-refractivity contribution < 1.29 is 18.7 Å². The number of rotatable bonds is 5. The van der Waals surface area contributed by atoms with Gasteiger partial charge in [-0.3, -0.25) is 4.79 Å². The highest BCUT2D eigenvalue weighted by Crippen LogP contribution is 2.31. The van der Waals surface area contributed by atoms with Crippen LogP contribution < -0.4 is 15.4 Å². The summed E-state index contributed by atoms with van der Waals surface area (Å²) >= 11 is 1.21. The topological polar surface area (TPSA) is 96.4 Å². The van der Waals surface area contributed by atoms with E-state index in [0.29, 0.717) is 35.2 Å². The van der Waals surface area contributed by atoms with Gasteiger partial charge in [0.05, 0.1) is 12.8 Å². The van der Waals surface area contributed by atoms with E-state index < -0.39 is 5.91 Å². The molecule has 2 heterocycles. The third kappa shape index (κ3) is 5.46. The van der Waals surface area contributed by atoms with Gasteiger partial charge in [0, 0.05) is 24.7 Å². The summed E-state index contributed by atoms with van der Waals surface area (Å²) in [5.74, 6) is -0.183. The van der Waals surface area contributed by atoms with Gasteiger partial charge in [0.2, 0.25) is 5.01 Å². The zero-order valence-corrected chi connectivity index (χ0v) is 19.1. The minimum absolute atomic E-state index is 0.00576. The number of carbonyl (C=O) groups excluding carboxylic acids is 2. The standard InChI is InChI=1S/C23H24FN5O3S/c1-14-5-10-19(32-2)18(12-14)26-23(31)29-11-3-4-15(13-29)21-27-28-22(33-21)20(30)25-17-8-6-16(24)7-9-17/h5-10,12,15H,3-4,11,13H2,1-2H3,(H,25,30)(H,26,31). The highest BCUT2D eigenvalue weighted by molar-refractivity contribution is 7.13. The van der Waals surface area contributed by atoms with Crippen LogP contribution in [0.1, 0.15) is 39.1 Å². The number of ether oxygens (including phenoxy) is 1. The zero-order chi connectivity index (χ0) is 23.4. The van der Waals surface area contributed by atoms with E-state index in [1.807, 2.05) is 25.1 Å². The van der Waals surface area contributed by atoms with Crippen molar-refractivity contribution in [1.82, 2.24) is 15.1 Å². The van der Waals surface area contributed by atoms with Gasteiger partial charge >= 0.3 is 6.03 Å². The van der Waals surface area contributed by atoms with Crippen LogP contribution in [0.4, 0.5) is 20.6 Å². The van der Waals surface area contributed by atoms with Crippen molar-refractivity contribution in [2.75, 3.05) is 30.8 Å². The van der Waals surface area contributed by atoms with Gasteiger partial charge in [0.25, 0.3) is 5.91 Å². The molecule has 1 unspecified atom stereocenters. The van der Waals surface area contributed by atoms with Gasteiger partial charge < -0.3 is 20.3 Å². The van der Waals surface area contributed by atoms with Gasteiger partial charge in [-0.05, 0) is 61.7 Å². The number of nitrogens with one attached hydrogen (secondary N) is 2. The number of amides is 3. The minimum Gasteiger partial charge on any atom is -0.495 e. The molecule has 0 saturated carbocycles. The molecule has 10 heteroatoms. The summed E-state index contributed by atoms with van der Waals surface area (Å²) in [4.78, 5) is 27.1. The molecule has 0 aliphatic carbocycles. The first-order valence-corrected chi connectivity index (χ1v) is 11.4. The van der Waals surface area contributed by atoms with E-state index in [4.69, 9.17) is 4.74 Å². The Morgan fingerprint density at radius 3 is 2.70 bits per heavy atom. The van der Waals surface area contributed by atoms with Gasteiger partial charge in [-0.15, -0.1) is 10.2 Å². The van der Waals surface area contributed by atoms with Crippen LogP contribution >= 0.6 is 11.3 Å². The fourth-order valence-corrected chi connectivity index (χ4v) is 4.55. The number of methoxy groups -OCH3 is 1. The highest BCUT2D eigenvalue weighted by Gasteiger charge is 2.28. The number of aromatic nitrogens is 2. The number of likely N-dealkylation sites (tertiary alicyclic amines) is 1. The molecule has 0 spiro atoms. The maximum atomic E-state index is 13.1. The van der Waals surface area contributed by atoms with Gasteiger partial charge in [-0.1, -0.05) is 17.4 Å². The number of benzene rings is 2. The number of carbonyl (C=O) groups is 2. The van der Waals surface area contributed by atoms with Crippen LogP contribution in [0.25, 0.3) is 0 Å². The molecule has 4 rings (SSSR count). The van der Waals surface area contributed by atoms with Crippen molar-refractivity contribution in [2.24, 2.45) is 0 Å². The van der Waals surface area contributed by atoms with E-state index in [-0.39, 0.29) is 22.8 Å². The fourth-order valence-electron chi connectivity index (χ4n) is 3.69. The number of piperidine rings is 1. The van der Waals surface area contributed by atoms with E-state index >= 15 is 0 Å². The van der Waals surface area contributed by atoms with Gasteiger partial charge in [0.1, 0.15) is 16.6 Å². The van der Waals surface area contributed by atoms with Gasteiger partial charge in [0.15, 0.2) is 0 Å². The number of urea groups is 1. The van der Waals surface area contributed by atoms with Crippen molar-refractivity contribution in [2.45, 2.75) is 25.7 Å². The van der Waals surface area contributed by atoms with Gasteiger partial charge in [-0.2, -0.15) is 0 Å². The molecule has 1 atom stereocenters. The molecule has 1 fully saturated rings. The number of hydrogen-bond acceptors (Lipinski definition) is 6. The van der Waals surface area contributed by atoms with E-state index in [2.05, 4.69) is 20.8 Å². The summed E-state index contributed by atoms with van der Waals surface area (Å²) < 4.78 is 18.4. The molecular weight excluding hydrogens is 445 g/mol. The molecule has 1 aliphatic heterocycles.